The summed E-state index contributed by atoms with van der Waals surface area (Å²) >= 11 is 1.19. The number of anilines is 2. The summed E-state index contributed by atoms with van der Waals surface area (Å²) in [5, 5.41) is 6.22. The molecule has 1 amide bonds. The fraction of sp³-hybridized carbons (Fsp3) is 0.350. The SMILES string of the molecule is NC(=O)/C(=C1\Nc2ccccc2S1)c1nc(NCCN2CCOCC2)cc(C(F)(F)F)n1. The van der Waals surface area contributed by atoms with Gasteiger partial charge in [0.25, 0.3) is 5.91 Å². The van der Waals surface area contributed by atoms with Crippen LogP contribution < -0.4 is 16.4 Å². The van der Waals surface area contributed by atoms with Gasteiger partial charge in [0.1, 0.15) is 11.4 Å². The zero-order valence-electron chi connectivity index (χ0n) is 16.9. The first-order valence-corrected chi connectivity index (χ1v) is 10.7. The Hall–Kier alpha value is -2.83. The number of hydrogen-bond donors (Lipinski definition) is 3. The molecule has 0 spiro atoms. The average Bonchev–Trinajstić information content (AvgIpc) is 3.17. The molecule has 4 N–H and O–H groups in total. The summed E-state index contributed by atoms with van der Waals surface area (Å²) in [4.78, 5) is 23.0. The molecule has 0 aliphatic carbocycles. The van der Waals surface area contributed by atoms with E-state index in [4.69, 9.17) is 10.5 Å². The Labute approximate surface area is 186 Å². The number of primary amides is 1. The highest BCUT2D eigenvalue weighted by Crippen LogP contribution is 2.43. The Morgan fingerprint density at radius 2 is 2.00 bits per heavy atom. The number of halogens is 3. The number of nitrogens with one attached hydrogen (secondary N) is 2. The van der Waals surface area contributed by atoms with E-state index >= 15 is 0 Å². The molecule has 32 heavy (non-hydrogen) atoms. The molecule has 1 saturated heterocycles. The number of rotatable bonds is 6. The number of para-hydroxylation sites is 1. The minimum atomic E-state index is -4.72. The van der Waals surface area contributed by atoms with Gasteiger partial charge in [-0.25, -0.2) is 9.97 Å². The Balaban J connectivity index is 1.63. The lowest BCUT2D eigenvalue weighted by atomic mass is 10.2. The predicted octanol–water partition coefficient (Wildman–Crippen LogP) is 2.61. The van der Waals surface area contributed by atoms with Crippen LogP contribution in [0.25, 0.3) is 5.57 Å². The van der Waals surface area contributed by atoms with Crippen molar-refractivity contribution in [1.82, 2.24) is 14.9 Å². The van der Waals surface area contributed by atoms with Gasteiger partial charge in [-0.15, -0.1) is 0 Å². The lowest BCUT2D eigenvalue weighted by Gasteiger charge is -2.26. The van der Waals surface area contributed by atoms with Crippen molar-refractivity contribution in [1.29, 1.82) is 0 Å². The summed E-state index contributed by atoms with van der Waals surface area (Å²) in [7, 11) is 0. The van der Waals surface area contributed by atoms with Gasteiger partial charge < -0.3 is 21.1 Å². The summed E-state index contributed by atoms with van der Waals surface area (Å²) in [5.41, 5.74) is 4.91. The van der Waals surface area contributed by atoms with Crippen LogP contribution in [0, 0.1) is 0 Å². The van der Waals surface area contributed by atoms with E-state index in [1.54, 1.807) is 12.1 Å². The maximum atomic E-state index is 13.5. The van der Waals surface area contributed by atoms with E-state index in [0.29, 0.717) is 26.3 Å². The molecule has 2 aromatic rings. The number of aromatic nitrogens is 2. The van der Waals surface area contributed by atoms with Crippen LogP contribution in [0.4, 0.5) is 24.7 Å². The largest absolute Gasteiger partial charge is 0.433 e. The Bertz CT molecular complexity index is 1010. The maximum absolute atomic E-state index is 13.5. The Kier molecular flexibility index (Phi) is 6.53. The molecule has 12 heteroatoms. The second-order valence-electron chi connectivity index (χ2n) is 7.13. The summed E-state index contributed by atoms with van der Waals surface area (Å²) < 4.78 is 45.9. The van der Waals surface area contributed by atoms with Gasteiger partial charge in [0.05, 0.1) is 23.9 Å². The number of hydrogen-bond acceptors (Lipinski definition) is 8. The monoisotopic (exact) mass is 466 g/mol. The van der Waals surface area contributed by atoms with E-state index < -0.39 is 17.8 Å². The molecule has 1 aromatic heterocycles. The third kappa shape index (κ3) is 5.14. The molecule has 2 aliphatic rings. The van der Waals surface area contributed by atoms with E-state index in [1.165, 1.54) is 11.8 Å². The van der Waals surface area contributed by atoms with Gasteiger partial charge >= 0.3 is 6.18 Å². The summed E-state index contributed by atoms with van der Waals surface area (Å²) in [6.07, 6.45) is -4.72. The van der Waals surface area contributed by atoms with Gasteiger partial charge in [-0.3, -0.25) is 9.69 Å². The van der Waals surface area contributed by atoms with Crippen LogP contribution in [-0.4, -0.2) is 60.2 Å². The summed E-state index contributed by atoms with van der Waals surface area (Å²) in [6.45, 7) is 3.74. The average molecular weight is 466 g/mol. The minimum absolute atomic E-state index is 0.0320. The normalized spacial score (nSPS) is 18.1. The van der Waals surface area contributed by atoms with E-state index in [9.17, 15) is 18.0 Å². The number of alkyl halides is 3. The molecule has 8 nitrogen and oxygen atoms in total. The molecule has 2 aliphatic heterocycles. The van der Waals surface area contributed by atoms with Crippen LogP contribution in [0.5, 0.6) is 0 Å². The van der Waals surface area contributed by atoms with Gasteiger partial charge in [-0.2, -0.15) is 13.2 Å². The van der Waals surface area contributed by atoms with Crippen LogP contribution in [0.2, 0.25) is 0 Å². The number of fused-ring (bicyclic) bond motifs is 1. The fourth-order valence-electron chi connectivity index (χ4n) is 3.32. The Morgan fingerprint density at radius 3 is 2.69 bits per heavy atom. The number of thioether (sulfide) groups is 1. The molecule has 0 bridgehead atoms. The lowest BCUT2D eigenvalue weighted by Crippen LogP contribution is -2.39. The maximum Gasteiger partial charge on any atom is 0.433 e. The Morgan fingerprint density at radius 1 is 1.25 bits per heavy atom. The fourth-order valence-corrected chi connectivity index (χ4v) is 4.37. The van der Waals surface area contributed by atoms with Crippen molar-refractivity contribution in [3.05, 3.63) is 46.9 Å². The van der Waals surface area contributed by atoms with Crippen LogP contribution in [-0.2, 0) is 15.7 Å². The van der Waals surface area contributed by atoms with E-state index in [-0.39, 0.29) is 22.2 Å². The summed E-state index contributed by atoms with van der Waals surface area (Å²) in [6, 6.07) is 8.06. The van der Waals surface area contributed by atoms with Gasteiger partial charge in [0, 0.05) is 37.1 Å². The van der Waals surface area contributed by atoms with Gasteiger partial charge in [0.2, 0.25) is 0 Å². The number of carbonyl (C=O) groups excluding carboxylic acids is 1. The van der Waals surface area contributed by atoms with Gasteiger partial charge in [0.15, 0.2) is 11.5 Å². The number of nitrogens with two attached hydrogens (primary N) is 1. The van der Waals surface area contributed by atoms with Crippen LogP contribution in [0.1, 0.15) is 11.5 Å². The van der Waals surface area contributed by atoms with Crippen molar-refractivity contribution in [3.8, 4) is 0 Å². The van der Waals surface area contributed by atoms with Crippen molar-refractivity contribution < 1.29 is 22.7 Å². The molecular weight excluding hydrogens is 445 g/mol. The second kappa shape index (κ2) is 9.35. The smallest absolute Gasteiger partial charge is 0.379 e. The third-order valence-corrected chi connectivity index (χ3v) is 5.99. The number of benzene rings is 1. The standard InChI is InChI=1S/C20H21F3N6O2S/c21-20(22,23)14-11-15(25-5-6-29-7-9-31-10-8-29)28-18(27-14)16(17(24)30)19-26-12-3-1-2-4-13(12)32-19/h1-4,11,26H,5-10H2,(H2,24,30)(H,25,27,28)/b19-16-. The number of carbonyl (C=O) groups is 1. The first kappa shape index (κ1) is 22.4. The highest BCUT2D eigenvalue weighted by atomic mass is 32.2. The lowest BCUT2D eigenvalue weighted by molar-refractivity contribution is -0.141. The number of amides is 1. The quantitative estimate of drug-likeness (QED) is 0.558. The van der Waals surface area contributed by atoms with E-state index in [0.717, 1.165) is 29.7 Å². The number of ether oxygens (including phenoxy) is 1. The van der Waals surface area contributed by atoms with Crippen molar-refractivity contribution in [2.75, 3.05) is 50.0 Å². The molecule has 170 valence electrons. The van der Waals surface area contributed by atoms with Crippen molar-refractivity contribution >= 4 is 34.7 Å². The zero-order valence-corrected chi connectivity index (χ0v) is 17.7. The first-order valence-electron chi connectivity index (χ1n) is 9.90. The predicted molar refractivity (Wildman–Crippen MR) is 115 cm³/mol. The number of nitrogens with zero attached hydrogens (tertiary/aromatic N) is 3. The number of morpholine rings is 1. The highest BCUT2D eigenvalue weighted by molar-refractivity contribution is 8.04. The van der Waals surface area contributed by atoms with Crippen LogP contribution in [0.15, 0.2) is 40.3 Å². The van der Waals surface area contributed by atoms with E-state index in [1.807, 2.05) is 12.1 Å². The minimum Gasteiger partial charge on any atom is -0.379 e. The van der Waals surface area contributed by atoms with Gasteiger partial charge in [-0.1, -0.05) is 23.9 Å². The molecule has 0 atom stereocenters. The van der Waals surface area contributed by atoms with Gasteiger partial charge in [-0.05, 0) is 12.1 Å². The van der Waals surface area contributed by atoms with E-state index in [2.05, 4.69) is 25.5 Å². The van der Waals surface area contributed by atoms with Crippen molar-refractivity contribution in [2.24, 2.45) is 5.73 Å². The zero-order chi connectivity index (χ0) is 22.7. The molecule has 1 aromatic carbocycles. The molecule has 1 fully saturated rings. The first-order chi connectivity index (χ1) is 15.3. The van der Waals surface area contributed by atoms with Crippen LogP contribution in [0.3, 0.4) is 0 Å². The highest BCUT2D eigenvalue weighted by Gasteiger charge is 2.35. The van der Waals surface area contributed by atoms with Crippen molar-refractivity contribution in [3.63, 3.8) is 0 Å². The van der Waals surface area contributed by atoms with Crippen LogP contribution >= 0.6 is 11.8 Å². The molecule has 0 saturated carbocycles. The molecule has 4 rings (SSSR count). The third-order valence-electron chi connectivity index (χ3n) is 4.90. The molecule has 0 unspecified atom stereocenters. The molecule has 3 heterocycles. The molecule has 0 radical (unpaired) electrons. The topological polar surface area (TPSA) is 105 Å². The summed E-state index contributed by atoms with van der Waals surface area (Å²) in [5.74, 6) is -1.34. The second-order valence-corrected chi connectivity index (χ2v) is 8.18. The molecular formula is C20H21F3N6O2S. The van der Waals surface area contributed by atoms with Crippen molar-refractivity contribution in [2.45, 2.75) is 11.1 Å².